The van der Waals surface area contributed by atoms with E-state index in [1.807, 2.05) is 11.9 Å². The molecule has 3 amide bonds. The van der Waals surface area contributed by atoms with Gasteiger partial charge in [-0.3, -0.25) is 29.3 Å². The van der Waals surface area contributed by atoms with Gasteiger partial charge in [-0.2, -0.15) is 10.4 Å². The quantitative estimate of drug-likeness (QED) is 0.202. The van der Waals surface area contributed by atoms with Crippen LogP contribution >= 0.6 is 11.8 Å². The fraction of sp³-hybridized carbons (Fsp3) is 0.242. The highest BCUT2D eigenvalue weighted by Crippen LogP contribution is 2.33. The van der Waals surface area contributed by atoms with E-state index in [0.717, 1.165) is 24.6 Å². The lowest BCUT2D eigenvalue weighted by Gasteiger charge is -2.26. The minimum Gasteiger partial charge on any atom is -0.326 e. The molecule has 1 unspecified atom stereocenters. The average Bonchev–Trinajstić information content (AvgIpc) is 3.60. The van der Waals surface area contributed by atoms with Gasteiger partial charge < -0.3 is 10.6 Å². The molecule has 2 heterocycles. The van der Waals surface area contributed by atoms with Gasteiger partial charge in [0.1, 0.15) is 29.0 Å². The number of benzene rings is 3. The lowest BCUT2D eigenvalue weighted by molar-refractivity contribution is -0.116. The zero-order valence-corrected chi connectivity index (χ0v) is 26.5. The summed E-state index contributed by atoms with van der Waals surface area (Å²) >= 11 is 1.65. The second-order valence-corrected chi connectivity index (χ2v) is 11.4. The molecule has 1 aliphatic rings. The molecular formula is C33H33F2N7O3S. The van der Waals surface area contributed by atoms with Crippen LogP contribution in [0.15, 0.2) is 60.7 Å². The van der Waals surface area contributed by atoms with Gasteiger partial charge in [0.2, 0.25) is 12.3 Å². The van der Waals surface area contributed by atoms with Gasteiger partial charge in [0, 0.05) is 29.9 Å². The van der Waals surface area contributed by atoms with E-state index in [9.17, 15) is 23.2 Å². The standard InChI is InChI=1S/C19H13F2N5O2.C14H20N2OS/c1-26-18(24-19(28)12-2-3-13(9-22)14(20)7-12)8-17(25-26)11-4-5-16(23-10-27)15(21)6-11;1-4-5-11-7-6-10(2)8-12(11)16-13(17)9-18-14(16)15-3/h2-8,10H,1H3,(H,23,27)(H,24,28);6-8,14-15H,4-5,9H2,1-3H3. The number of nitriles is 1. The average molecular weight is 646 g/mol. The van der Waals surface area contributed by atoms with Gasteiger partial charge in [-0.15, -0.1) is 11.8 Å². The summed E-state index contributed by atoms with van der Waals surface area (Å²) in [6.45, 7) is 4.24. The van der Waals surface area contributed by atoms with Crippen LogP contribution in [0.1, 0.15) is 40.4 Å². The zero-order chi connectivity index (χ0) is 33.4. The Morgan fingerprint density at radius 3 is 2.57 bits per heavy atom. The van der Waals surface area contributed by atoms with E-state index in [0.29, 0.717) is 29.2 Å². The first-order valence-corrected chi connectivity index (χ1v) is 15.4. The molecule has 1 fully saturated rings. The first-order chi connectivity index (χ1) is 22.1. The molecule has 4 aromatic rings. The number of aryl methyl sites for hydroxylation is 3. The van der Waals surface area contributed by atoms with E-state index in [-0.39, 0.29) is 28.2 Å². The Morgan fingerprint density at radius 2 is 1.91 bits per heavy atom. The number of carbonyl (C=O) groups is 3. The molecule has 13 heteroatoms. The third-order valence-electron chi connectivity index (χ3n) is 7.09. The van der Waals surface area contributed by atoms with Crippen LogP contribution < -0.4 is 20.9 Å². The van der Waals surface area contributed by atoms with Crippen LogP contribution in [0.5, 0.6) is 0 Å². The molecule has 238 valence electrons. The Bertz CT molecular complexity index is 1800. The Kier molecular flexibility index (Phi) is 11.2. The Balaban J connectivity index is 0.000000230. The normalized spacial score (nSPS) is 13.9. The number of hydrogen-bond donors (Lipinski definition) is 3. The molecule has 1 saturated heterocycles. The second-order valence-electron chi connectivity index (χ2n) is 10.4. The van der Waals surface area contributed by atoms with Crippen molar-refractivity contribution in [3.05, 3.63) is 94.6 Å². The smallest absolute Gasteiger partial charge is 0.256 e. The van der Waals surface area contributed by atoms with E-state index in [1.165, 1.54) is 46.1 Å². The van der Waals surface area contributed by atoms with Crippen molar-refractivity contribution < 1.29 is 23.2 Å². The number of hydrogen-bond acceptors (Lipinski definition) is 7. The largest absolute Gasteiger partial charge is 0.326 e. The van der Waals surface area contributed by atoms with Crippen LogP contribution in [-0.2, 0) is 23.1 Å². The fourth-order valence-electron chi connectivity index (χ4n) is 4.79. The van der Waals surface area contributed by atoms with Crippen molar-refractivity contribution in [3.63, 3.8) is 0 Å². The molecule has 46 heavy (non-hydrogen) atoms. The Labute approximate surface area is 269 Å². The fourth-order valence-corrected chi connectivity index (χ4v) is 5.78. The summed E-state index contributed by atoms with van der Waals surface area (Å²) in [5.74, 6) is -0.947. The van der Waals surface area contributed by atoms with Gasteiger partial charge >= 0.3 is 0 Å². The zero-order valence-electron chi connectivity index (χ0n) is 25.7. The summed E-state index contributed by atoms with van der Waals surface area (Å²) in [4.78, 5) is 36.7. The number of aromatic nitrogens is 2. The third kappa shape index (κ3) is 7.77. The number of halogens is 2. The number of nitrogens with zero attached hydrogens (tertiary/aromatic N) is 4. The number of nitrogens with one attached hydrogen (secondary N) is 3. The van der Waals surface area contributed by atoms with Gasteiger partial charge in [-0.25, -0.2) is 8.78 Å². The monoisotopic (exact) mass is 645 g/mol. The van der Waals surface area contributed by atoms with Crippen molar-refractivity contribution >= 4 is 47.2 Å². The van der Waals surface area contributed by atoms with Gasteiger partial charge in [-0.1, -0.05) is 31.5 Å². The summed E-state index contributed by atoms with van der Waals surface area (Å²) < 4.78 is 29.1. The maximum absolute atomic E-state index is 14.0. The molecule has 3 aromatic carbocycles. The summed E-state index contributed by atoms with van der Waals surface area (Å²) in [5.41, 5.74) is 4.34. The van der Waals surface area contributed by atoms with Crippen molar-refractivity contribution in [1.29, 1.82) is 5.26 Å². The van der Waals surface area contributed by atoms with Crippen LogP contribution in [0, 0.1) is 29.9 Å². The second kappa shape index (κ2) is 15.3. The van der Waals surface area contributed by atoms with Crippen LogP contribution in [0.2, 0.25) is 0 Å². The first-order valence-electron chi connectivity index (χ1n) is 14.4. The van der Waals surface area contributed by atoms with Gasteiger partial charge in [-0.05, 0) is 67.9 Å². The van der Waals surface area contributed by atoms with Crippen LogP contribution in [-0.4, -0.2) is 46.3 Å². The first kappa shape index (κ1) is 33.8. The summed E-state index contributed by atoms with van der Waals surface area (Å²) in [6, 6.07) is 17.3. The Hall–Kier alpha value is -5.06. The minimum atomic E-state index is -0.791. The van der Waals surface area contributed by atoms with Crippen molar-refractivity contribution in [2.24, 2.45) is 7.05 Å². The van der Waals surface area contributed by atoms with Crippen LogP contribution in [0.25, 0.3) is 11.3 Å². The van der Waals surface area contributed by atoms with E-state index in [4.69, 9.17) is 5.26 Å². The molecule has 0 radical (unpaired) electrons. The lowest BCUT2D eigenvalue weighted by Crippen LogP contribution is -2.41. The third-order valence-corrected chi connectivity index (χ3v) is 8.26. The minimum absolute atomic E-state index is 0.0334. The predicted molar refractivity (Wildman–Crippen MR) is 175 cm³/mol. The van der Waals surface area contributed by atoms with E-state index in [2.05, 4.69) is 53.1 Å². The molecule has 10 nitrogen and oxygen atoms in total. The SMILES string of the molecule is CCCc1ccc(C)cc1N1C(=O)CSC1NC.Cn1nc(-c2ccc(NC=O)c(F)c2)cc1NC(=O)c1ccc(C#N)c(F)c1. The van der Waals surface area contributed by atoms with Gasteiger partial charge in [0.25, 0.3) is 5.91 Å². The number of anilines is 3. The highest BCUT2D eigenvalue weighted by atomic mass is 32.2. The van der Waals surface area contributed by atoms with Gasteiger partial charge in [0.05, 0.1) is 22.7 Å². The highest BCUT2D eigenvalue weighted by molar-refractivity contribution is 8.01. The molecular weight excluding hydrogens is 612 g/mol. The summed E-state index contributed by atoms with van der Waals surface area (Å²) in [7, 11) is 3.48. The number of thioether (sulfide) groups is 1. The van der Waals surface area contributed by atoms with Crippen molar-refractivity contribution in [1.82, 2.24) is 15.1 Å². The maximum Gasteiger partial charge on any atom is 0.256 e. The lowest BCUT2D eigenvalue weighted by atomic mass is 10.0. The van der Waals surface area contributed by atoms with Crippen LogP contribution in [0.4, 0.5) is 26.0 Å². The highest BCUT2D eigenvalue weighted by Gasteiger charge is 2.33. The summed E-state index contributed by atoms with van der Waals surface area (Å²) in [6.07, 6.45) is 2.48. The van der Waals surface area contributed by atoms with Gasteiger partial charge in [0.15, 0.2) is 0 Å². The molecule has 0 aliphatic carbocycles. The molecule has 3 N–H and O–H groups in total. The van der Waals surface area contributed by atoms with E-state index in [1.54, 1.807) is 30.9 Å². The van der Waals surface area contributed by atoms with Crippen molar-refractivity contribution in [3.8, 4) is 17.3 Å². The molecule has 1 aliphatic heterocycles. The molecule has 0 bridgehead atoms. The molecule has 1 atom stereocenters. The van der Waals surface area contributed by atoms with E-state index < -0.39 is 17.5 Å². The number of carbonyl (C=O) groups excluding carboxylic acids is 3. The Morgan fingerprint density at radius 1 is 1.13 bits per heavy atom. The maximum atomic E-state index is 14.0. The van der Waals surface area contributed by atoms with Crippen LogP contribution in [0.3, 0.4) is 0 Å². The molecule has 5 rings (SSSR count). The molecule has 0 saturated carbocycles. The molecule has 0 spiro atoms. The number of rotatable bonds is 9. The molecule has 1 aromatic heterocycles. The van der Waals surface area contributed by atoms with Crippen molar-refractivity contribution in [2.45, 2.75) is 32.2 Å². The topological polar surface area (TPSA) is 132 Å². The number of amides is 3. The van der Waals surface area contributed by atoms with E-state index >= 15 is 0 Å². The predicted octanol–water partition coefficient (Wildman–Crippen LogP) is 5.59. The summed E-state index contributed by atoms with van der Waals surface area (Å²) in [5, 5.41) is 21.0. The van der Waals surface area contributed by atoms with Crippen molar-refractivity contribution in [2.75, 3.05) is 28.3 Å².